The number of nitrogens with zero attached hydrogens (tertiary/aromatic N) is 3. The molecule has 7 heteroatoms. The van der Waals surface area contributed by atoms with Crippen molar-refractivity contribution in [1.82, 2.24) is 15.1 Å². The fraction of sp³-hybridized carbons (Fsp3) is 0.522. The van der Waals surface area contributed by atoms with Crippen LogP contribution in [0.4, 0.5) is 10.2 Å². The fourth-order valence-corrected chi connectivity index (χ4v) is 6.50. The number of nitrogens with one attached hydrogen (secondary N) is 1. The second-order valence-electron chi connectivity index (χ2n) is 8.90. The van der Waals surface area contributed by atoms with Crippen LogP contribution in [0.3, 0.4) is 0 Å². The molecule has 0 amide bonds. The van der Waals surface area contributed by atoms with Crippen molar-refractivity contribution in [2.24, 2.45) is 5.92 Å². The lowest BCUT2D eigenvalue weighted by atomic mass is 10.0. The molecule has 0 radical (unpaired) electrons. The van der Waals surface area contributed by atoms with E-state index in [1.54, 1.807) is 11.3 Å². The molecule has 2 saturated heterocycles. The first-order chi connectivity index (χ1) is 14.8. The first-order valence-corrected chi connectivity index (χ1v) is 12.0. The summed E-state index contributed by atoms with van der Waals surface area (Å²) < 4.78 is 19.7. The van der Waals surface area contributed by atoms with Crippen LogP contribution in [-0.4, -0.2) is 60.0 Å². The van der Waals surface area contributed by atoms with Crippen LogP contribution in [0.1, 0.15) is 25.7 Å². The Morgan fingerprint density at radius 1 is 1.17 bits per heavy atom. The van der Waals surface area contributed by atoms with Crippen molar-refractivity contribution in [3.63, 3.8) is 0 Å². The van der Waals surface area contributed by atoms with Gasteiger partial charge in [-0.1, -0.05) is 12.1 Å². The van der Waals surface area contributed by atoms with Gasteiger partial charge in [-0.05, 0) is 56.5 Å². The third-order valence-corrected chi connectivity index (χ3v) is 8.00. The standard InChI is InChI=1S/C23H27FN4OS/c24-17-5-3-15(4-6-17)19-14-30-23-21(19)22(25-26-23)28-13-16-11-18(28)12-20(16)29-10-9-27-7-1-2-8-27/h3-6,14,16,18,20H,1-2,7-13H2,(H,25,26). The molecular formula is C23H27FN4OS. The van der Waals surface area contributed by atoms with E-state index in [9.17, 15) is 4.39 Å². The Balaban J connectivity index is 1.17. The van der Waals surface area contributed by atoms with Crippen molar-refractivity contribution in [2.75, 3.05) is 37.7 Å². The quantitative estimate of drug-likeness (QED) is 0.630. The molecule has 4 heterocycles. The fourth-order valence-electron chi connectivity index (χ4n) is 5.59. The lowest BCUT2D eigenvalue weighted by Gasteiger charge is -2.32. The molecule has 2 bridgehead atoms. The SMILES string of the molecule is Fc1ccc(-c2csc3n[nH]c(N4CC5CC4CC5OCCN4CCCC4)c23)cc1. The third-order valence-electron chi connectivity index (χ3n) is 7.13. The van der Waals surface area contributed by atoms with Gasteiger partial charge in [-0.25, -0.2) is 4.39 Å². The molecule has 6 rings (SSSR count). The number of hydrogen-bond acceptors (Lipinski definition) is 5. The number of rotatable bonds is 6. The van der Waals surface area contributed by atoms with E-state index in [1.165, 1.54) is 49.9 Å². The maximum Gasteiger partial charge on any atom is 0.148 e. The van der Waals surface area contributed by atoms with Gasteiger partial charge in [0.2, 0.25) is 0 Å². The average molecular weight is 427 g/mol. The first-order valence-electron chi connectivity index (χ1n) is 11.1. The lowest BCUT2D eigenvalue weighted by molar-refractivity contribution is 0.0149. The van der Waals surface area contributed by atoms with Gasteiger partial charge in [-0.3, -0.25) is 5.10 Å². The van der Waals surface area contributed by atoms with E-state index in [2.05, 4.69) is 25.4 Å². The summed E-state index contributed by atoms with van der Waals surface area (Å²) in [6.07, 6.45) is 5.37. The molecule has 1 aromatic carbocycles. The van der Waals surface area contributed by atoms with Crippen molar-refractivity contribution in [3.05, 3.63) is 35.5 Å². The molecule has 1 N–H and O–H groups in total. The van der Waals surface area contributed by atoms with Crippen molar-refractivity contribution >= 4 is 27.4 Å². The number of ether oxygens (including phenoxy) is 1. The highest BCUT2D eigenvalue weighted by atomic mass is 32.1. The van der Waals surface area contributed by atoms with Crippen LogP contribution in [0, 0.1) is 11.7 Å². The Bertz CT molecular complexity index is 1030. The molecule has 158 valence electrons. The van der Waals surface area contributed by atoms with Crippen molar-refractivity contribution in [2.45, 2.75) is 37.8 Å². The molecule has 1 aliphatic carbocycles. The van der Waals surface area contributed by atoms with Crippen molar-refractivity contribution in [1.29, 1.82) is 0 Å². The maximum atomic E-state index is 13.4. The van der Waals surface area contributed by atoms with E-state index >= 15 is 0 Å². The van der Waals surface area contributed by atoms with E-state index in [1.807, 2.05) is 12.1 Å². The number of benzene rings is 1. The van der Waals surface area contributed by atoms with Gasteiger partial charge in [0.25, 0.3) is 0 Å². The molecule has 3 unspecified atom stereocenters. The Hall–Kier alpha value is -1.96. The molecule has 2 aromatic heterocycles. The molecule has 3 aromatic rings. The Labute approximate surface area is 179 Å². The topological polar surface area (TPSA) is 44.4 Å². The Kier molecular flexibility index (Phi) is 4.77. The average Bonchev–Trinajstić information content (AvgIpc) is 3.55. The number of piperidine rings is 1. The molecule has 2 aliphatic heterocycles. The largest absolute Gasteiger partial charge is 0.376 e. The number of hydrogen-bond donors (Lipinski definition) is 1. The summed E-state index contributed by atoms with van der Waals surface area (Å²) >= 11 is 1.64. The normalized spacial score (nSPS) is 26.4. The summed E-state index contributed by atoms with van der Waals surface area (Å²) in [5.74, 6) is 1.51. The van der Waals surface area contributed by atoms with E-state index in [0.717, 1.165) is 47.9 Å². The van der Waals surface area contributed by atoms with Gasteiger partial charge < -0.3 is 14.5 Å². The lowest BCUT2D eigenvalue weighted by Crippen LogP contribution is -2.39. The van der Waals surface area contributed by atoms with Gasteiger partial charge in [-0.2, -0.15) is 5.10 Å². The monoisotopic (exact) mass is 426 g/mol. The number of aromatic amines is 1. The zero-order valence-electron chi connectivity index (χ0n) is 17.0. The van der Waals surface area contributed by atoms with E-state index < -0.39 is 0 Å². The van der Waals surface area contributed by atoms with Crippen LogP contribution in [0.5, 0.6) is 0 Å². The Morgan fingerprint density at radius 2 is 2.00 bits per heavy atom. The summed E-state index contributed by atoms with van der Waals surface area (Å²) in [6, 6.07) is 7.28. The molecule has 3 atom stereocenters. The zero-order chi connectivity index (χ0) is 20.1. The summed E-state index contributed by atoms with van der Waals surface area (Å²) in [4.78, 5) is 6.04. The Morgan fingerprint density at radius 3 is 2.77 bits per heavy atom. The molecule has 0 spiro atoms. The summed E-state index contributed by atoms with van der Waals surface area (Å²) in [5, 5.41) is 11.2. The number of H-pyrrole nitrogens is 1. The van der Waals surface area contributed by atoms with E-state index in [4.69, 9.17) is 4.74 Å². The van der Waals surface area contributed by atoms with Gasteiger partial charge in [0.1, 0.15) is 16.5 Å². The van der Waals surface area contributed by atoms with Gasteiger partial charge in [0.15, 0.2) is 0 Å². The highest BCUT2D eigenvalue weighted by Crippen LogP contribution is 2.46. The maximum absolute atomic E-state index is 13.4. The third kappa shape index (κ3) is 3.24. The highest BCUT2D eigenvalue weighted by molar-refractivity contribution is 7.17. The minimum absolute atomic E-state index is 0.203. The van der Waals surface area contributed by atoms with Gasteiger partial charge in [-0.15, -0.1) is 11.3 Å². The minimum atomic E-state index is -0.203. The highest BCUT2D eigenvalue weighted by Gasteiger charge is 2.46. The first kappa shape index (κ1) is 18.8. The second-order valence-corrected chi connectivity index (χ2v) is 9.76. The smallest absolute Gasteiger partial charge is 0.148 e. The van der Waals surface area contributed by atoms with Gasteiger partial charge in [0, 0.05) is 36.0 Å². The number of fused-ring (bicyclic) bond motifs is 3. The second kappa shape index (κ2) is 7.62. The molecule has 3 aliphatic rings. The number of aromatic nitrogens is 2. The van der Waals surface area contributed by atoms with Gasteiger partial charge >= 0.3 is 0 Å². The number of halogens is 1. The molecule has 30 heavy (non-hydrogen) atoms. The predicted molar refractivity (Wildman–Crippen MR) is 119 cm³/mol. The summed E-state index contributed by atoms with van der Waals surface area (Å²) in [5.41, 5.74) is 2.18. The van der Waals surface area contributed by atoms with Crippen LogP contribution in [0.25, 0.3) is 21.3 Å². The molecule has 3 fully saturated rings. The van der Waals surface area contributed by atoms with Crippen LogP contribution in [0.15, 0.2) is 29.6 Å². The van der Waals surface area contributed by atoms with Crippen molar-refractivity contribution < 1.29 is 9.13 Å². The minimum Gasteiger partial charge on any atom is -0.376 e. The molecule has 1 saturated carbocycles. The van der Waals surface area contributed by atoms with Crippen LogP contribution in [0.2, 0.25) is 0 Å². The predicted octanol–water partition coefficient (Wildman–Crippen LogP) is 4.51. The number of likely N-dealkylation sites (tertiary alicyclic amines) is 1. The number of thiophene rings is 1. The summed E-state index contributed by atoms with van der Waals surface area (Å²) in [6.45, 7) is 5.44. The van der Waals surface area contributed by atoms with E-state index in [0.29, 0.717) is 18.1 Å². The van der Waals surface area contributed by atoms with Crippen LogP contribution >= 0.6 is 11.3 Å². The molecule has 5 nitrogen and oxygen atoms in total. The van der Waals surface area contributed by atoms with Crippen molar-refractivity contribution in [3.8, 4) is 11.1 Å². The van der Waals surface area contributed by atoms with Crippen LogP contribution in [-0.2, 0) is 4.74 Å². The van der Waals surface area contributed by atoms with E-state index in [-0.39, 0.29) is 5.82 Å². The number of anilines is 1. The van der Waals surface area contributed by atoms with Crippen LogP contribution < -0.4 is 4.90 Å². The zero-order valence-corrected chi connectivity index (χ0v) is 17.8. The molecular weight excluding hydrogens is 399 g/mol. The summed E-state index contributed by atoms with van der Waals surface area (Å²) in [7, 11) is 0. The van der Waals surface area contributed by atoms with Gasteiger partial charge in [0.05, 0.1) is 18.1 Å².